The number of benzene rings is 2. The number of aromatic nitrogens is 2. The molecule has 148 valence electrons. The van der Waals surface area contributed by atoms with Crippen LogP contribution >= 0.6 is 11.6 Å². The van der Waals surface area contributed by atoms with E-state index < -0.39 is 0 Å². The maximum atomic E-state index is 12.9. The molecule has 0 amide bonds. The van der Waals surface area contributed by atoms with Crippen LogP contribution in [-0.2, 0) is 19.6 Å². The van der Waals surface area contributed by atoms with Crippen LogP contribution in [0.4, 0.5) is 0 Å². The monoisotopic (exact) mass is 407 g/mol. The number of halogens is 1. The van der Waals surface area contributed by atoms with Crippen molar-refractivity contribution in [2.75, 3.05) is 6.54 Å². The molecule has 0 spiro atoms. The van der Waals surface area contributed by atoms with Gasteiger partial charge in [-0.3, -0.25) is 9.69 Å². The van der Waals surface area contributed by atoms with Crippen LogP contribution in [0.15, 0.2) is 82.7 Å². The minimum absolute atomic E-state index is 0.0191. The maximum absolute atomic E-state index is 12.9. The number of fused-ring (bicyclic) bond motifs is 1. The van der Waals surface area contributed by atoms with Crippen molar-refractivity contribution in [2.24, 2.45) is 0 Å². The first-order valence-electron chi connectivity index (χ1n) is 9.61. The second kappa shape index (κ2) is 9.07. The number of hydrogen-bond acceptors (Lipinski definition) is 4. The zero-order valence-electron chi connectivity index (χ0n) is 16.0. The number of nitrogens with zero attached hydrogens (tertiary/aromatic N) is 3. The molecule has 4 aromatic rings. The average Bonchev–Trinajstić information content (AvgIpc) is 3.25. The first-order valence-corrected chi connectivity index (χ1v) is 9.99. The molecular formula is C23H22ClN3O2. The summed E-state index contributed by atoms with van der Waals surface area (Å²) < 4.78 is 7.75. The van der Waals surface area contributed by atoms with Crippen molar-refractivity contribution in [1.82, 2.24) is 14.5 Å². The van der Waals surface area contributed by atoms with Crippen LogP contribution < -0.4 is 5.43 Å². The van der Waals surface area contributed by atoms with E-state index in [0.717, 1.165) is 30.1 Å². The van der Waals surface area contributed by atoms with E-state index in [4.69, 9.17) is 16.0 Å². The number of hydrogen-bond donors (Lipinski definition) is 0. The smallest absolute Gasteiger partial charge is 0.197 e. The molecule has 4 rings (SSSR count). The molecule has 0 aliphatic carbocycles. The lowest BCUT2D eigenvalue weighted by atomic mass is 10.1. The Morgan fingerprint density at radius 2 is 1.83 bits per heavy atom. The van der Waals surface area contributed by atoms with Crippen molar-refractivity contribution >= 4 is 22.6 Å². The maximum Gasteiger partial charge on any atom is 0.197 e. The van der Waals surface area contributed by atoms with Crippen molar-refractivity contribution in [2.45, 2.75) is 26.1 Å². The van der Waals surface area contributed by atoms with Crippen LogP contribution in [0.2, 0.25) is 5.02 Å². The molecular weight excluding hydrogens is 386 g/mol. The Labute approximate surface area is 174 Å². The van der Waals surface area contributed by atoms with E-state index in [1.165, 1.54) is 0 Å². The Bertz CT molecular complexity index is 1140. The molecule has 2 aromatic heterocycles. The minimum Gasteiger partial charge on any atom is -0.464 e. The van der Waals surface area contributed by atoms with E-state index in [-0.39, 0.29) is 5.43 Å². The number of rotatable bonds is 8. The molecule has 0 unspecified atom stereocenters. The van der Waals surface area contributed by atoms with Crippen LogP contribution in [0.3, 0.4) is 0 Å². The van der Waals surface area contributed by atoms with E-state index >= 15 is 0 Å². The van der Waals surface area contributed by atoms with Gasteiger partial charge in [-0.25, -0.2) is 4.98 Å². The lowest BCUT2D eigenvalue weighted by Gasteiger charge is -2.23. The fourth-order valence-corrected chi connectivity index (χ4v) is 3.64. The summed E-state index contributed by atoms with van der Waals surface area (Å²) in [6, 6.07) is 15.2. The standard InChI is InChI=1S/C23H22ClN3O2/c24-21-8-3-1-6-18(21)14-27(12-5-11-26-13-10-25-17-26)15-19-16-29-22-9-4-2-7-20(22)23(19)28/h1-4,6-10,13,16-17H,5,11-12,14-15H2. The molecule has 0 saturated carbocycles. The second-order valence-electron chi connectivity index (χ2n) is 7.04. The van der Waals surface area contributed by atoms with E-state index in [1.807, 2.05) is 61.1 Å². The predicted molar refractivity (Wildman–Crippen MR) is 115 cm³/mol. The third kappa shape index (κ3) is 4.75. The molecule has 5 nitrogen and oxygen atoms in total. The van der Waals surface area contributed by atoms with Crippen LogP contribution in [0.5, 0.6) is 0 Å². The van der Waals surface area contributed by atoms with Crippen LogP contribution in [0.25, 0.3) is 11.0 Å². The molecule has 29 heavy (non-hydrogen) atoms. The first-order chi connectivity index (χ1) is 14.2. The molecule has 2 heterocycles. The number of imidazole rings is 1. The highest BCUT2D eigenvalue weighted by Gasteiger charge is 2.13. The van der Waals surface area contributed by atoms with Crippen LogP contribution in [-0.4, -0.2) is 21.0 Å². The second-order valence-corrected chi connectivity index (χ2v) is 7.45. The number of aryl methyl sites for hydroxylation is 1. The summed E-state index contributed by atoms with van der Waals surface area (Å²) in [4.78, 5) is 19.2. The predicted octanol–water partition coefficient (Wildman–Crippen LogP) is 4.74. The summed E-state index contributed by atoms with van der Waals surface area (Å²) in [5.41, 5.74) is 2.32. The molecule has 0 fully saturated rings. The van der Waals surface area contributed by atoms with Gasteiger partial charge in [-0.2, -0.15) is 0 Å². The summed E-state index contributed by atoms with van der Waals surface area (Å²) in [7, 11) is 0. The quantitative estimate of drug-likeness (QED) is 0.423. The van der Waals surface area contributed by atoms with Gasteiger partial charge in [-0.05, 0) is 30.2 Å². The molecule has 2 aromatic carbocycles. The zero-order chi connectivity index (χ0) is 20.1. The average molecular weight is 408 g/mol. The first kappa shape index (κ1) is 19.4. The van der Waals surface area contributed by atoms with Gasteiger partial charge in [0.15, 0.2) is 5.43 Å². The van der Waals surface area contributed by atoms with E-state index in [2.05, 4.69) is 14.5 Å². The Morgan fingerprint density at radius 3 is 2.66 bits per heavy atom. The van der Waals surface area contributed by atoms with Crippen LogP contribution in [0.1, 0.15) is 17.5 Å². The van der Waals surface area contributed by atoms with Gasteiger partial charge < -0.3 is 8.98 Å². The Balaban J connectivity index is 1.55. The highest BCUT2D eigenvalue weighted by Crippen LogP contribution is 2.19. The largest absolute Gasteiger partial charge is 0.464 e. The third-order valence-electron chi connectivity index (χ3n) is 4.95. The summed E-state index contributed by atoms with van der Waals surface area (Å²) >= 11 is 6.38. The number of para-hydroxylation sites is 1. The van der Waals surface area contributed by atoms with Gasteiger partial charge in [0.05, 0.1) is 18.0 Å². The fraction of sp³-hybridized carbons (Fsp3) is 0.217. The lowest BCUT2D eigenvalue weighted by Crippen LogP contribution is -2.27. The summed E-state index contributed by atoms with van der Waals surface area (Å²) in [6.45, 7) is 2.85. The zero-order valence-corrected chi connectivity index (χ0v) is 16.8. The highest BCUT2D eigenvalue weighted by atomic mass is 35.5. The van der Waals surface area contributed by atoms with Gasteiger partial charge in [0.25, 0.3) is 0 Å². The summed E-state index contributed by atoms with van der Waals surface area (Å²) in [5.74, 6) is 0. The summed E-state index contributed by atoms with van der Waals surface area (Å²) in [5, 5.41) is 1.35. The van der Waals surface area contributed by atoms with Crippen molar-refractivity contribution in [3.8, 4) is 0 Å². The third-order valence-corrected chi connectivity index (χ3v) is 5.32. The Morgan fingerprint density at radius 1 is 1.03 bits per heavy atom. The van der Waals surface area contributed by atoms with E-state index in [1.54, 1.807) is 12.5 Å². The van der Waals surface area contributed by atoms with E-state index in [0.29, 0.717) is 29.6 Å². The van der Waals surface area contributed by atoms with Gasteiger partial charge in [0, 0.05) is 49.2 Å². The molecule has 0 N–H and O–H groups in total. The van der Waals surface area contributed by atoms with Gasteiger partial charge in [-0.1, -0.05) is 41.9 Å². The van der Waals surface area contributed by atoms with Crippen molar-refractivity contribution < 1.29 is 4.42 Å². The topological polar surface area (TPSA) is 51.3 Å². The van der Waals surface area contributed by atoms with E-state index in [9.17, 15) is 4.79 Å². The van der Waals surface area contributed by atoms with Crippen molar-refractivity contribution in [1.29, 1.82) is 0 Å². The minimum atomic E-state index is 0.0191. The Kier molecular flexibility index (Phi) is 6.08. The van der Waals surface area contributed by atoms with Gasteiger partial charge in [0.1, 0.15) is 5.58 Å². The molecule has 0 bridgehead atoms. The SMILES string of the molecule is O=c1c(CN(CCCn2ccnc2)Cc2ccccc2Cl)coc2ccccc12. The van der Waals surface area contributed by atoms with Gasteiger partial charge in [-0.15, -0.1) is 0 Å². The van der Waals surface area contributed by atoms with Crippen LogP contribution in [0, 0.1) is 0 Å². The Hall–Kier alpha value is -2.89. The van der Waals surface area contributed by atoms with Crippen molar-refractivity contribution in [3.63, 3.8) is 0 Å². The van der Waals surface area contributed by atoms with Crippen molar-refractivity contribution in [3.05, 3.63) is 99.9 Å². The molecule has 0 atom stereocenters. The van der Waals surface area contributed by atoms with Gasteiger partial charge >= 0.3 is 0 Å². The fourth-order valence-electron chi connectivity index (χ4n) is 3.45. The molecule has 6 heteroatoms. The molecule has 0 aliphatic rings. The highest BCUT2D eigenvalue weighted by molar-refractivity contribution is 6.31. The normalized spacial score (nSPS) is 11.4. The van der Waals surface area contributed by atoms with Gasteiger partial charge in [0.2, 0.25) is 0 Å². The summed E-state index contributed by atoms with van der Waals surface area (Å²) in [6.07, 6.45) is 8.06. The molecule has 0 radical (unpaired) electrons. The molecule has 0 aliphatic heterocycles. The molecule has 0 saturated heterocycles. The lowest BCUT2D eigenvalue weighted by molar-refractivity contribution is 0.246.